The molecule has 4 heterocycles. The smallest absolute Gasteiger partial charge is 0.274 e. The molecule has 1 fully saturated rings. The molecule has 5 rings (SSSR count). The molecule has 0 N–H and O–H groups in total. The number of aromatic nitrogens is 3. The molecule has 0 saturated carbocycles. The van der Waals surface area contributed by atoms with Crippen molar-refractivity contribution in [3.8, 4) is 5.75 Å². The second-order valence-electron chi connectivity index (χ2n) is 9.04. The number of amides is 1. The van der Waals surface area contributed by atoms with Gasteiger partial charge in [-0.2, -0.15) is 16.4 Å². The van der Waals surface area contributed by atoms with Crippen LogP contribution < -0.4 is 4.74 Å². The number of nitrogens with zero attached hydrogens (tertiary/aromatic N) is 4. The SMILES string of the molecule is Cc1cc(C)n2nc(C(=O)N(Cc3cccc(OCCc4ccsc4)c3)C[C@@H]3CCCO3)cc2n1. The van der Waals surface area contributed by atoms with Crippen LogP contribution in [-0.2, 0) is 17.7 Å². The lowest BCUT2D eigenvalue weighted by Crippen LogP contribution is -2.37. The highest BCUT2D eigenvalue weighted by molar-refractivity contribution is 7.07. The highest BCUT2D eigenvalue weighted by atomic mass is 32.1. The van der Waals surface area contributed by atoms with E-state index in [1.165, 1.54) is 5.56 Å². The number of carbonyl (C=O) groups excluding carboxylic acids is 1. The quantitative estimate of drug-likeness (QED) is 0.335. The summed E-state index contributed by atoms with van der Waals surface area (Å²) >= 11 is 1.70. The molecule has 1 saturated heterocycles. The molecule has 8 heteroatoms. The fourth-order valence-corrected chi connectivity index (χ4v) is 5.19. The van der Waals surface area contributed by atoms with Crippen molar-refractivity contribution in [1.82, 2.24) is 19.5 Å². The highest BCUT2D eigenvalue weighted by Crippen LogP contribution is 2.21. The highest BCUT2D eigenvalue weighted by Gasteiger charge is 2.26. The minimum Gasteiger partial charge on any atom is -0.493 e. The molecule has 4 aromatic rings. The second-order valence-corrected chi connectivity index (χ2v) is 9.82. The molecule has 1 aromatic carbocycles. The van der Waals surface area contributed by atoms with E-state index in [9.17, 15) is 4.79 Å². The molecule has 7 nitrogen and oxygen atoms in total. The predicted octanol–water partition coefficient (Wildman–Crippen LogP) is 4.85. The number of rotatable bonds is 9. The summed E-state index contributed by atoms with van der Waals surface area (Å²) in [5.41, 5.74) is 5.23. The van der Waals surface area contributed by atoms with Gasteiger partial charge >= 0.3 is 0 Å². The first-order valence-corrected chi connectivity index (χ1v) is 13.0. The van der Waals surface area contributed by atoms with Crippen LogP contribution in [0.3, 0.4) is 0 Å². The number of carbonyl (C=O) groups is 1. The maximum absolute atomic E-state index is 13.6. The maximum Gasteiger partial charge on any atom is 0.274 e. The van der Waals surface area contributed by atoms with Gasteiger partial charge in [0.1, 0.15) is 5.75 Å². The van der Waals surface area contributed by atoms with Crippen LogP contribution in [0, 0.1) is 13.8 Å². The fourth-order valence-electron chi connectivity index (χ4n) is 4.48. The van der Waals surface area contributed by atoms with Gasteiger partial charge in [-0.05, 0) is 72.8 Å². The van der Waals surface area contributed by atoms with Crippen molar-refractivity contribution < 1.29 is 14.3 Å². The van der Waals surface area contributed by atoms with Crippen LogP contribution in [0.1, 0.15) is 45.8 Å². The zero-order valence-electron chi connectivity index (χ0n) is 20.1. The average molecular weight is 491 g/mol. The number of ether oxygens (including phenoxy) is 2. The van der Waals surface area contributed by atoms with Crippen LogP contribution in [0.5, 0.6) is 5.75 Å². The topological polar surface area (TPSA) is 69.0 Å². The summed E-state index contributed by atoms with van der Waals surface area (Å²) in [7, 11) is 0. The molecular formula is C27H30N4O3S. The molecule has 0 aliphatic carbocycles. The normalized spacial score (nSPS) is 15.5. The minimum absolute atomic E-state index is 0.0446. The Morgan fingerprint density at radius 2 is 2.14 bits per heavy atom. The number of aryl methyl sites for hydroxylation is 2. The number of hydrogen-bond acceptors (Lipinski definition) is 6. The summed E-state index contributed by atoms with van der Waals surface area (Å²) in [6.45, 7) is 6.27. The second kappa shape index (κ2) is 10.6. The molecule has 35 heavy (non-hydrogen) atoms. The minimum atomic E-state index is -0.119. The predicted molar refractivity (Wildman–Crippen MR) is 136 cm³/mol. The lowest BCUT2D eigenvalue weighted by atomic mass is 10.1. The Balaban J connectivity index is 1.33. The van der Waals surface area contributed by atoms with Gasteiger partial charge in [0.2, 0.25) is 0 Å². The largest absolute Gasteiger partial charge is 0.493 e. The van der Waals surface area contributed by atoms with Gasteiger partial charge in [-0.1, -0.05) is 12.1 Å². The molecular weight excluding hydrogens is 460 g/mol. The fraction of sp³-hybridized carbons (Fsp3) is 0.370. The molecule has 0 radical (unpaired) electrons. The Kier molecular flexibility index (Phi) is 7.11. The van der Waals surface area contributed by atoms with Crippen LogP contribution >= 0.6 is 11.3 Å². The van der Waals surface area contributed by atoms with Crippen LogP contribution in [0.2, 0.25) is 0 Å². The summed E-state index contributed by atoms with van der Waals surface area (Å²) in [5.74, 6) is 0.692. The molecule has 1 amide bonds. The van der Waals surface area contributed by atoms with Gasteiger partial charge in [0.05, 0.1) is 12.7 Å². The van der Waals surface area contributed by atoms with E-state index >= 15 is 0 Å². The van der Waals surface area contributed by atoms with Crippen molar-refractivity contribution >= 4 is 22.9 Å². The van der Waals surface area contributed by atoms with E-state index in [2.05, 4.69) is 26.9 Å². The van der Waals surface area contributed by atoms with E-state index in [0.717, 1.165) is 48.6 Å². The van der Waals surface area contributed by atoms with E-state index in [-0.39, 0.29) is 12.0 Å². The van der Waals surface area contributed by atoms with Gasteiger partial charge in [-0.25, -0.2) is 9.50 Å². The number of hydrogen-bond donors (Lipinski definition) is 0. The van der Waals surface area contributed by atoms with Gasteiger partial charge < -0.3 is 14.4 Å². The Morgan fingerprint density at radius 3 is 2.94 bits per heavy atom. The molecule has 1 aliphatic heterocycles. The van der Waals surface area contributed by atoms with E-state index in [0.29, 0.717) is 31.0 Å². The lowest BCUT2D eigenvalue weighted by molar-refractivity contribution is 0.0502. The molecule has 1 aliphatic rings. The first-order valence-electron chi connectivity index (χ1n) is 12.0. The van der Waals surface area contributed by atoms with E-state index in [4.69, 9.17) is 9.47 Å². The summed E-state index contributed by atoms with van der Waals surface area (Å²) in [6.07, 6.45) is 2.90. The van der Waals surface area contributed by atoms with E-state index in [1.807, 2.05) is 49.1 Å². The Bertz CT molecular complexity index is 1300. The molecule has 0 bridgehead atoms. The van der Waals surface area contributed by atoms with Crippen molar-refractivity contribution in [3.63, 3.8) is 0 Å². The van der Waals surface area contributed by atoms with Crippen molar-refractivity contribution in [2.45, 2.75) is 45.8 Å². The number of thiophene rings is 1. The van der Waals surface area contributed by atoms with Crippen molar-refractivity contribution in [2.75, 3.05) is 19.8 Å². The zero-order valence-corrected chi connectivity index (χ0v) is 21.0. The molecule has 0 unspecified atom stereocenters. The summed E-state index contributed by atoms with van der Waals surface area (Å²) in [5, 5.41) is 8.80. The first-order chi connectivity index (χ1) is 17.0. The Hall–Kier alpha value is -3.23. The van der Waals surface area contributed by atoms with E-state index in [1.54, 1.807) is 21.9 Å². The summed E-state index contributed by atoms with van der Waals surface area (Å²) < 4.78 is 13.6. The Morgan fingerprint density at radius 1 is 1.23 bits per heavy atom. The summed E-state index contributed by atoms with van der Waals surface area (Å²) in [4.78, 5) is 20.0. The third kappa shape index (κ3) is 5.71. The number of fused-ring (bicyclic) bond motifs is 1. The molecule has 1 atom stereocenters. The molecule has 0 spiro atoms. The zero-order chi connectivity index (χ0) is 24.2. The van der Waals surface area contributed by atoms with Crippen LogP contribution in [0.15, 0.2) is 53.2 Å². The van der Waals surface area contributed by atoms with Gasteiger partial charge in [0, 0.05) is 43.6 Å². The summed E-state index contributed by atoms with van der Waals surface area (Å²) in [6, 6.07) is 13.8. The van der Waals surface area contributed by atoms with Crippen molar-refractivity contribution in [3.05, 3.63) is 81.4 Å². The maximum atomic E-state index is 13.6. The third-order valence-electron chi connectivity index (χ3n) is 6.20. The Labute approximate surface area is 209 Å². The van der Waals surface area contributed by atoms with Crippen molar-refractivity contribution in [2.24, 2.45) is 0 Å². The van der Waals surface area contributed by atoms with Crippen molar-refractivity contribution in [1.29, 1.82) is 0 Å². The lowest BCUT2D eigenvalue weighted by Gasteiger charge is -2.25. The van der Waals surface area contributed by atoms with Crippen LogP contribution in [0.4, 0.5) is 0 Å². The van der Waals surface area contributed by atoms with Crippen LogP contribution in [0.25, 0.3) is 5.65 Å². The van der Waals surface area contributed by atoms with E-state index < -0.39 is 0 Å². The average Bonchev–Trinajstić information content (AvgIpc) is 3.61. The van der Waals surface area contributed by atoms with Gasteiger partial charge in [-0.15, -0.1) is 0 Å². The van der Waals surface area contributed by atoms with Gasteiger partial charge in [0.15, 0.2) is 11.3 Å². The van der Waals surface area contributed by atoms with Gasteiger partial charge in [0.25, 0.3) is 5.91 Å². The standard InChI is InChI=1S/C27H30N4O3S/c1-19-13-20(2)31-26(28-19)15-25(29-31)27(32)30(17-24-7-4-10-33-24)16-22-5-3-6-23(14-22)34-11-8-21-9-12-35-18-21/h3,5-6,9,12-15,18,24H,4,7-8,10-11,16-17H2,1-2H3/t24-/m0/s1. The van der Waals surface area contributed by atoms with Crippen LogP contribution in [-0.4, -0.2) is 51.3 Å². The first kappa shape index (κ1) is 23.5. The number of benzene rings is 1. The molecule has 182 valence electrons. The third-order valence-corrected chi connectivity index (χ3v) is 6.93. The monoisotopic (exact) mass is 490 g/mol. The van der Waals surface area contributed by atoms with Gasteiger partial charge in [-0.3, -0.25) is 4.79 Å². The molecule has 3 aromatic heterocycles.